The molecule has 0 aromatic rings. The fraction of sp³-hybridized carbons (Fsp3) is 0.733. The van der Waals surface area contributed by atoms with E-state index in [4.69, 9.17) is 0 Å². The van der Waals surface area contributed by atoms with Gasteiger partial charge in [-0.1, -0.05) is 40.7 Å². The Morgan fingerprint density at radius 2 is 1.84 bits per heavy atom. The van der Waals surface area contributed by atoms with Gasteiger partial charge in [0, 0.05) is 6.54 Å². The van der Waals surface area contributed by atoms with Crippen molar-refractivity contribution in [3.63, 3.8) is 0 Å². The molecule has 0 saturated carbocycles. The summed E-state index contributed by atoms with van der Waals surface area (Å²) in [5.41, 5.74) is -1.04. The number of hydrogen-bond donors (Lipinski definition) is 1. The SMILES string of the molecule is C=CCN1C(=O)C(CC)(CC)NC(=O)C1C(C)(C)C. The lowest BCUT2D eigenvalue weighted by atomic mass is 9.79. The molecule has 1 aliphatic rings. The van der Waals surface area contributed by atoms with Gasteiger partial charge in [-0.3, -0.25) is 9.59 Å². The van der Waals surface area contributed by atoms with Crippen LogP contribution in [0.15, 0.2) is 12.7 Å². The maximum atomic E-state index is 12.8. The third kappa shape index (κ3) is 2.67. The first-order valence-corrected chi connectivity index (χ1v) is 6.97. The van der Waals surface area contributed by atoms with Crippen molar-refractivity contribution in [2.75, 3.05) is 6.54 Å². The second-order valence-corrected chi connectivity index (χ2v) is 6.29. The van der Waals surface area contributed by atoms with Crippen LogP contribution >= 0.6 is 0 Å². The van der Waals surface area contributed by atoms with Gasteiger partial charge in [0.2, 0.25) is 11.8 Å². The molecule has 0 aromatic carbocycles. The highest BCUT2D eigenvalue weighted by atomic mass is 16.2. The van der Waals surface area contributed by atoms with Crippen LogP contribution in [0.4, 0.5) is 0 Å². The highest BCUT2D eigenvalue weighted by Gasteiger charge is 2.51. The van der Waals surface area contributed by atoms with Gasteiger partial charge in [0.15, 0.2) is 0 Å². The van der Waals surface area contributed by atoms with Crippen LogP contribution in [0.1, 0.15) is 47.5 Å². The van der Waals surface area contributed by atoms with Crippen LogP contribution in [0.5, 0.6) is 0 Å². The van der Waals surface area contributed by atoms with Gasteiger partial charge in [0.1, 0.15) is 11.6 Å². The molecule has 108 valence electrons. The van der Waals surface area contributed by atoms with E-state index in [0.717, 1.165) is 0 Å². The van der Waals surface area contributed by atoms with E-state index < -0.39 is 11.6 Å². The van der Waals surface area contributed by atoms with Gasteiger partial charge in [0.25, 0.3) is 0 Å². The second-order valence-electron chi connectivity index (χ2n) is 6.29. The van der Waals surface area contributed by atoms with Crippen molar-refractivity contribution < 1.29 is 9.59 Å². The number of piperazine rings is 1. The molecular formula is C15H26N2O2. The van der Waals surface area contributed by atoms with E-state index in [1.54, 1.807) is 11.0 Å². The predicted molar refractivity (Wildman–Crippen MR) is 76.6 cm³/mol. The van der Waals surface area contributed by atoms with Crippen molar-refractivity contribution in [1.29, 1.82) is 0 Å². The minimum Gasteiger partial charge on any atom is -0.340 e. The minimum absolute atomic E-state index is 0.0110. The Morgan fingerprint density at radius 1 is 1.32 bits per heavy atom. The molecule has 0 aromatic heterocycles. The van der Waals surface area contributed by atoms with E-state index in [0.29, 0.717) is 19.4 Å². The number of carbonyl (C=O) groups is 2. The number of nitrogens with one attached hydrogen (secondary N) is 1. The third-order valence-electron chi connectivity index (χ3n) is 3.95. The first-order valence-electron chi connectivity index (χ1n) is 6.97. The number of carbonyl (C=O) groups excluding carboxylic acids is 2. The molecule has 1 fully saturated rings. The van der Waals surface area contributed by atoms with E-state index >= 15 is 0 Å². The molecule has 0 radical (unpaired) electrons. The molecule has 1 saturated heterocycles. The van der Waals surface area contributed by atoms with Crippen molar-refractivity contribution in [1.82, 2.24) is 10.2 Å². The largest absolute Gasteiger partial charge is 0.340 e. The third-order valence-corrected chi connectivity index (χ3v) is 3.95. The van der Waals surface area contributed by atoms with Gasteiger partial charge in [0.05, 0.1) is 0 Å². The number of nitrogens with zero attached hydrogens (tertiary/aromatic N) is 1. The molecule has 19 heavy (non-hydrogen) atoms. The van der Waals surface area contributed by atoms with Crippen molar-refractivity contribution in [3.8, 4) is 0 Å². The van der Waals surface area contributed by atoms with Crippen molar-refractivity contribution in [2.24, 2.45) is 5.41 Å². The maximum absolute atomic E-state index is 12.8. The van der Waals surface area contributed by atoms with Gasteiger partial charge in [-0.05, 0) is 18.3 Å². The second kappa shape index (κ2) is 5.35. The minimum atomic E-state index is -0.748. The molecule has 1 N–H and O–H groups in total. The van der Waals surface area contributed by atoms with E-state index in [9.17, 15) is 9.59 Å². The summed E-state index contributed by atoms with van der Waals surface area (Å²) in [7, 11) is 0. The molecule has 2 amide bonds. The average molecular weight is 266 g/mol. The summed E-state index contributed by atoms with van der Waals surface area (Å²) in [6.07, 6.45) is 2.91. The average Bonchev–Trinajstić information content (AvgIpc) is 2.32. The zero-order valence-electron chi connectivity index (χ0n) is 12.7. The summed E-state index contributed by atoms with van der Waals surface area (Å²) in [5, 5.41) is 2.96. The monoisotopic (exact) mass is 266 g/mol. The lowest BCUT2D eigenvalue weighted by Crippen LogP contribution is -2.72. The quantitative estimate of drug-likeness (QED) is 0.792. The van der Waals surface area contributed by atoms with Crippen LogP contribution in [-0.4, -0.2) is 34.8 Å². The molecule has 4 nitrogen and oxygen atoms in total. The Hall–Kier alpha value is -1.32. The first kappa shape index (κ1) is 15.7. The van der Waals surface area contributed by atoms with Gasteiger partial charge < -0.3 is 10.2 Å². The van der Waals surface area contributed by atoms with Crippen LogP contribution in [0.3, 0.4) is 0 Å². The summed E-state index contributed by atoms with van der Waals surface area (Å²) in [6.45, 7) is 13.9. The Balaban J connectivity index is 3.24. The Labute approximate surface area is 116 Å². The molecular weight excluding hydrogens is 240 g/mol. The van der Waals surface area contributed by atoms with Gasteiger partial charge >= 0.3 is 0 Å². The maximum Gasteiger partial charge on any atom is 0.249 e. The molecule has 1 unspecified atom stereocenters. The summed E-state index contributed by atoms with van der Waals surface area (Å²) in [5.74, 6) is -0.0467. The molecule has 0 bridgehead atoms. The lowest BCUT2D eigenvalue weighted by Gasteiger charge is -2.49. The fourth-order valence-electron chi connectivity index (χ4n) is 2.81. The topological polar surface area (TPSA) is 49.4 Å². The molecule has 0 aliphatic carbocycles. The fourth-order valence-corrected chi connectivity index (χ4v) is 2.81. The van der Waals surface area contributed by atoms with E-state index in [1.165, 1.54) is 0 Å². The normalized spacial score (nSPS) is 23.2. The van der Waals surface area contributed by atoms with Crippen LogP contribution in [0, 0.1) is 5.41 Å². The van der Waals surface area contributed by atoms with Crippen LogP contribution < -0.4 is 5.32 Å². The zero-order chi connectivity index (χ0) is 14.8. The molecule has 4 heteroatoms. The Bertz CT molecular complexity index is 378. The van der Waals surface area contributed by atoms with Crippen LogP contribution in [0.2, 0.25) is 0 Å². The van der Waals surface area contributed by atoms with E-state index in [-0.39, 0.29) is 17.2 Å². The molecule has 1 atom stereocenters. The summed E-state index contributed by atoms with van der Waals surface area (Å²) in [6, 6.07) is -0.441. The molecule has 0 spiro atoms. The van der Waals surface area contributed by atoms with Crippen LogP contribution in [-0.2, 0) is 9.59 Å². The van der Waals surface area contributed by atoms with Crippen LogP contribution in [0.25, 0.3) is 0 Å². The summed E-state index contributed by atoms with van der Waals surface area (Å²) < 4.78 is 0. The van der Waals surface area contributed by atoms with Gasteiger partial charge in [-0.2, -0.15) is 0 Å². The number of rotatable bonds is 4. The smallest absolute Gasteiger partial charge is 0.249 e. The zero-order valence-corrected chi connectivity index (χ0v) is 12.7. The van der Waals surface area contributed by atoms with Crippen molar-refractivity contribution >= 4 is 11.8 Å². The van der Waals surface area contributed by atoms with Crippen molar-refractivity contribution in [2.45, 2.75) is 59.0 Å². The molecule has 1 aliphatic heterocycles. The Kier molecular flexibility index (Phi) is 4.43. The summed E-state index contributed by atoms with van der Waals surface area (Å²) in [4.78, 5) is 26.9. The molecule has 1 rings (SSSR count). The summed E-state index contributed by atoms with van der Waals surface area (Å²) >= 11 is 0. The Morgan fingerprint density at radius 3 is 2.21 bits per heavy atom. The first-order chi connectivity index (χ1) is 8.73. The van der Waals surface area contributed by atoms with Crippen molar-refractivity contribution in [3.05, 3.63) is 12.7 Å². The lowest BCUT2D eigenvalue weighted by molar-refractivity contribution is -0.159. The number of amides is 2. The predicted octanol–water partition coefficient (Wildman–Crippen LogP) is 2.10. The van der Waals surface area contributed by atoms with Gasteiger partial charge in [-0.15, -0.1) is 6.58 Å². The molecule has 1 heterocycles. The highest BCUT2D eigenvalue weighted by molar-refractivity contribution is 6.00. The van der Waals surface area contributed by atoms with Gasteiger partial charge in [-0.25, -0.2) is 0 Å². The van der Waals surface area contributed by atoms with E-state index in [1.807, 2.05) is 34.6 Å². The highest BCUT2D eigenvalue weighted by Crippen LogP contribution is 2.32. The van der Waals surface area contributed by atoms with E-state index in [2.05, 4.69) is 11.9 Å². The number of hydrogen-bond acceptors (Lipinski definition) is 2. The standard InChI is InChI=1S/C15H26N2O2/c1-7-10-17-11(14(4,5)6)12(18)16-15(8-2,9-3)13(17)19/h7,11H,1,8-10H2,2-6H3,(H,16,18).